The third-order valence-electron chi connectivity index (χ3n) is 4.25. The highest BCUT2D eigenvalue weighted by atomic mass is 16.5. The van der Waals surface area contributed by atoms with Gasteiger partial charge in [-0.2, -0.15) is 5.26 Å². The summed E-state index contributed by atoms with van der Waals surface area (Å²) < 4.78 is 6.60. The second kappa shape index (κ2) is 13.6. The topological polar surface area (TPSA) is 72.1 Å². The van der Waals surface area contributed by atoms with Crippen molar-refractivity contribution in [2.24, 2.45) is 0 Å². The zero-order chi connectivity index (χ0) is 23.2. The molecule has 0 saturated heterocycles. The number of hydrogen-bond donors (Lipinski definition) is 0. The van der Waals surface area contributed by atoms with E-state index in [1.165, 1.54) is 12.5 Å². The zero-order valence-corrected chi connectivity index (χ0v) is 18.9. The first kappa shape index (κ1) is 25.4. The van der Waals surface area contributed by atoms with Crippen LogP contribution in [0.15, 0.2) is 67.0 Å². The number of carbonyl (C=O) groups excluding carboxylic acids is 2. The monoisotopic (exact) mass is 418 g/mol. The van der Waals surface area contributed by atoms with Crippen LogP contribution in [0.1, 0.15) is 66.5 Å². The molecule has 1 aromatic heterocycles. The van der Waals surface area contributed by atoms with Crippen LogP contribution in [0, 0.1) is 11.3 Å². The van der Waals surface area contributed by atoms with E-state index in [1.807, 2.05) is 26.0 Å². The Kier molecular flexibility index (Phi) is 11.1. The summed E-state index contributed by atoms with van der Waals surface area (Å²) in [6, 6.07) is 19.2. The van der Waals surface area contributed by atoms with E-state index in [0.29, 0.717) is 23.3 Å². The predicted octanol–water partition coefficient (Wildman–Crippen LogP) is 6.00. The first-order valence-corrected chi connectivity index (χ1v) is 10.4. The minimum absolute atomic E-state index is 0.159. The summed E-state index contributed by atoms with van der Waals surface area (Å²) in [6.45, 7) is 9.66. The highest BCUT2D eigenvalue weighted by Gasteiger charge is 2.12. The van der Waals surface area contributed by atoms with Crippen molar-refractivity contribution in [3.8, 4) is 11.8 Å². The lowest BCUT2D eigenvalue weighted by Gasteiger charge is -2.05. The molecule has 0 spiro atoms. The molecule has 0 aliphatic carbocycles. The maximum atomic E-state index is 11.6. The van der Waals surface area contributed by atoms with Crippen molar-refractivity contribution in [1.29, 1.82) is 5.26 Å². The third kappa shape index (κ3) is 7.60. The van der Waals surface area contributed by atoms with Crippen molar-refractivity contribution in [2.45, 2.75) is 41.0 Å². The van der Waals surface area contributed by atoms with Crippen LogP contribution >= 0.6 is 0 Å². The minimum atomic E-state index is -0.376. The lowest BCUT2D eigenvalue weighted by molar-refractivity contribution is 0.0526. The maximum absolute atomic E-state index is 11.6. The summed E-state index contributed by atoms with van der Waals surface area (Å²) in [5.41, 5.74) is 3.34. The molecule has 31 heavy (non-hydrogen) atoms. The van der Waals surface area contributed by atoms with Crippen molar-refractivity contribution in [1.82, 2.24) is 4.57 Å². The normalized spacial score (nSPS) is 9.29. The fourth-order valence-electron chi connectivity index (χ4n) is 2.67. The van der Waals surface area contributed by atoms with Crippen LogP contribution in [0.2, 0.25) is 0 Å². The van der Waals surface area contributed by atoms with Gasteiger partial charge in [0.1, 0.15) is 6.07 Å². The summed E-state index contributed by atoms with van der Waals surface area (Å²) in [7, 11) is 0. The molecular formula is C26H30N2O3. The molecule has 0 radical (unpaired) electrons. The Morgan fingerprint density at radius 3 is 2.00 bits per heavy atom. The van der Waals surface area contributed by atoms with Gasteiger partial charge in [0.25, 0.3) is 0 Å². The Morgan fingerprint density at radius 1 is 0.968 bits per heavy atom. The van der Waals surface area contributed by atoms with E-state index in [-0.39, 0.29) is 11.8 Å². The molecule has 3 aromatic rings. The van der Waals surface area contributed by atoms with Gasteiger partial charge in [0.15, 0.2) is 5.78 Å². The summed E-state index contributed by atoms with van der Waals surface area (Å²) >= 11 is 0. The van der Waals surface area contributed by atoms with Gasteiger partial charge in [-0.3, -0.25) is 4.79 Å². The number of aryl methyl sites for hydroxylation is 1. The smallest absolute Gasteiger partial charge is 0.338 e. The molecule has 3 rings (SSSR count). The third-order valence-corrected chi connectivity index (χ3v) is 4.25. The Hall–Kier alpha value is -3.65. The minimum Gasteiger partial charge on any atom is -0.462 e. The number of Topliss-reactive ketones (excluding diaryl/α,β-unsaturated/α-hetero) is 1. The van der Waals surface area contributed by atoms with Crippen LogP contribution in [0.5, 0.6) is 0 Å². The average molecular weight is 419 g/mol. The molecule has 162 valence electrons. The number of benzene rings is 2. The largest absolute Gasteiger partial charge is 0.462 e. The molecule has 0 aliphatic rings. The first-order chi connectivity index (χ1) is 15.0. The second-order valence-electron chi connectivity index (χ2n) is 6.27. The molecule has 0 aliphatic heterocycles. The molecule has 0 amide bonds. The van der Waals surface area contributed by atoms with Crippen molar-refractivity contribution >= 4 is 11.8 Å². The Morgan fingerprint density at radius 2 is 1.58 bits per heavy atom. The number of esters is 1. The van der Waals surface area contributed by atoms with Gasteiger partial charge in [0.2, 0.25) is 0 Å². The van der Waals surface area contributed by atoms with Gasteiger partial charge in [-0.05, 0) is 50.1 Å². The quantitative estimate of drug-likeness (QED) is 0.376. The van der Waals surface area contributed by atoms with Gasteiger partial charge in [-0.15, -0.1) is 0 Å². The Labute approximate surface area is 184 Å². The Bertz CT molecular complexity index is 997. The van der Waals surface area contributed by atoms with E-state index in [0.717, 1.165) is 12.1 Å². The van der Waals surface area contributed by atoms with Crippen LogP contribution in [0.25, 0.3) is 5.69 Å². The van der Waals surface area contributed by atoms with Crippen molar-refractivity contribution < 1.29 is 14.3 Å². The van der Waals surface area contributed by atoms with Crippen molar-refractivity contribution in [2.75, 3.05) is 6.61 Å². The summed E-state index contributed by atoms with van der Waals surface area (Å²) in [5, 5.41) is 9.03. The number of nitrogens with zero attached hydrogens (tertiary/aromatic N) is 2. The summed E-state index contributed by atoms with van der Waals surface area (Å²) in [5.74, 6) is -0.535. The van der Waals surface area contributed by atoms with Gasteiger partial charge < -0.3 is 9.30 Å². The SMILES string of the molecule is CC.CCOC(=O)c1ccc(-n2cc(C#N)c(C(C)=O)c2)cc1.CCc1ccccc1. The summed E-state index contributed by atoms with van der Waals surface area (Å²) in [4.78, 5) is 23.0. The number of carbonyl (C=O) groups is 2. The van der Waals surface area contributed by atoms with Crippen molar-refractivity contribution in [3.63, 3.8) is 0 Å². The molecule has 1 heterocycles. The van der Waals surface area contributed by atoms with Crippen LogP contribution in [0.4, 0.5) is 0 Å². The number of aromatic nitrogens is 1. The molecule has 0 bridgehead atoms. The lowest BCUT2D eigenvalue weighted by atomic mass is 10.1. The first-order valence-electron chi connectivity index (χ1n) is 10.4. The molecule has 0 atom stereocenters. The zero-order valence-electron chi connectivity index (χ0n) is 18.9. The van der Waals surface area contributed by atoms with Gasteiger partial charge in [-0.1, -0.05) is 51.1 Å². The van der Waals surface area contributed by atoms with Crippen molar-refractivity contribution in [3.05, 3.63) is 89.2 Å². The molecule has 2 aromatic carbocycles. The van der Waals surface area contributed by atoms with Gasteiger partial charge in [-0.25, -0.2) is 4.79 Å². The molecule has 0 unspecified atom stereocenters. The predicted molar refractivity (Wildman–Crippen MR) is 124 cm³/mol. The molecule has 5 nitrogen and oxygen atoms in total. The fourth-order valence-corrected chi connectivity index (χ4v) is 2.67. The van der Waals surface area contributed by atoms with E-state index in [9.17, 15) is 9.59 Å². The molecule has 0 N–H and O–H groups in total. The standard InChI is InChI=1S/C16H14N2O3.C8H10.C2H6/c1-3-21-16(20)12-4-6-14(7-5-12)18-9-13(8-17)15(10-18)11(2)19;1-2-8-6-4-3-5-7-8;1-2/h4-7,9-10H,3H2,1-2H3;3-7H,2H2,1H3;1-2H3. The number of hydrogen-bond acceptors (Lipinski definition) is 4. The van der Waals surface area contributed by atoms with Crippen LogP contribution in [-0.2, 0) is 11.2 Å². The number of nitriles is 1. The van der Waals surface area contributed by atoms with Gasteiger partial charge in [0.05, 0.1) is 23.3 Å². The van der Waals surface area contributed by atoms with Gasteiger partial charge in [0, 0.05) is 18.1 Å². The van der Waals surface area contributed by atoms with Gasteiger partial charge >= 0.3 is 5.97 Å². The second-order valence-corrected chi connectivity index (χ2v) is 6.27. The fraction of sp³-hybridized carbons (Fsp3) is 0.269. The highest BCUT2D eigenvalue weighted by Crippen LogP contribution is 2.17. The number of ketones is 1. The Balaban J connectivity index is 0.000000400. The van der Waals surface area contributed by atoms with E-state index < -0.39 is 0 Å². The summed E-state index contributed by atoms with van der Waals surface area (Å²) in [6.07, 6.45) is 4.34. The lowest BCUT2D eigenvalue weighted by Crippen LogP contribution is -2.04. The molecule has 5 heteroatoms. The van der Waals surface area contributed by atoms with Crippen LogP contribution < -0.4 is 0 Å². The maximum Gasteiger partial charge on any atom is 0.338 e. The molecule has 0 fully saturated rings. The van der Waals surface area contributed by atoms with E-state index in [4.69, 9.17) is 10.00 Å². The average Bonchev–Trinajstić information content (AvgIpc) is 3.27. The van der Waals surface area contributed by atoms with E-state index in [2.05, 4.69) is 31.2 Å². The van der Waals surface area contributed by atoms with Crippen LogP contribution in [0.3, 0.4) is 0 Å². The molecule has 0 saturated carbocycles. The van der Waals surface area contributed by atoms with E-state index >= 15 is 0 Å². The number of ether oxygens (including phenoxy) is 1. The number of rotatable bonds is 5. The van der Waals surface area contributed by atoms with E-state index in [1.54, 1.807) is 48.1 Å². The highest BCUT2D eigenvalue weighted by molar-refractivity contribution is 5.96. The van der Waals surface area contributed by atoms with Crippen LogP contribution in [-0.4, -0.2) is 22.9 Å². The molecular weight excluding hydrogens is 388 g/mol.